The summed E-state index contributed by atoms with van der Waals surface area (Å²) < 4.78 is 2.14. The van der Waals surface area contributed by atoms with E-state index in [-0.39, 0.29) is 6.04 Å². The lowest BCUT2D eigenvalue weighted by atomic mass is 9.95. The number of hydrogen-bond acceptors (Lipinski definition) is 2. The van der Waals surface area contributed by atoms with Crippen LogP contribution in [-0.2, 0) is 0 Å². The van der Waals surface area contributed by atoms with Crippen LogP contribution in [0.3, 0.4) is 0 Å². The SMILES string of the molecule is CCC(C)CC(NN)c1cc(Br)cc(Br)c1. The van der Waals surface area contributed by atoms with Gasteiger partial charge in [0, 0.05) is 15.0 Å². The fourth-order valence-electron chi connectivity index (χ4n) is 1.65. The van der Waals surface area contributed by atoms with Crippen molar-refractivity contribution in [1.29, 1.82) is 0 Å². The van der Waals surface area contributed by atoms with Gasteiger partial charge in [-0.25, -0.2) is 0 Å². The van der Waals surface area contributed by atoms with E-state index in [4.69, 9.17) is 5.84 Å². The number of rotatable bonds is 5. The van der Waals surface area contributed by atoms with Gasteiger partial charge in [0.05, 0.1) is 0 Å². The molecule has 1 aromatic carbocycles. The van der Waals surface area contributed by atoms with Crippen molar-refractivity contribution in [3.63, 3.8) is 0 Å². The Morgan fingerprint density at radius 1 is 1.25 bits per heavy atom. The van der Waals surface area contributed by atoms with E-state index in [0.717, 1.165) is 15.4 Å². The van der Waals surface area contributed by atoms with Crippen molar-refractivity contribution in [1.82, 2.24) is 5.43 Å². The third-order valence-corrected chi connectivity index (χ3v) is 3.74. The lowest BCUT2D eigenvalue weighted by Gasteiger charge is -2.20. The molecule has 0 amide bonds. The normalized spacial score (nSPS) is 14.8. The van der Waals surface area contributed by atoms with Gasteiger partial charge in [0.2, 0.25) is 0 Å². The summed E-state index contributed by atoms with van der Waals surface area (Å²) in [6.45, 7) is 4.45. The Kier molecular flexibility index (Phi) is 5.97. The lowest BCUT2D eigenvalue weighted by molar-refractivity contribution is 0.407. The molecule has 0 saturated heterocycles. The summed E-state index contributed by atoms with van der Waals surface area (Å²) in [6.07, 6.45) is 2.23. The van der Waals surface area contributed by atoms with Crippen LogP contribution in [0.15, 0.2) is 27.1 Å². The molecule has 3 N–H and O–H groups in total. The predicted octanol–water partition coefficient (Wildman–Crippen LogP) is 4.15. The van der Waals surface area contributed by atoms with Crippen molar-refractivity contribution >= 4 is 31.9 Å². The first-order valence-electron chi connectivity index (χ1n) is 5.49. The van der Waals surface area contributed by atoms with Crippen LogP contribution in [-0.4, -0.2) is 0 Å². The monoisotopic (exact) mass is 348 g/mol. The molecule has 0 aliphatic carbocycles. The Morgan fingerprint density at radius 3 is 2.25 bits per heavy atom. The van der Waals surface area contributed by atoms with Crippen molar-refractivity contribution in [2.24, 2.45) is 11.8 Å². The van der Waals surface area contributed by atoms with E-state index in [1.807, 2.05) is 6.07 Å². The van der Waals surface area contributed by atoms with Crippen LogP contribution in [0.4, 0.5) is 0 Å². The van der Waals surface area contributed by atoms with E-state index in [1.165, 1.54) is 12.0 Å². The Labute approximate surface area is 114 Å². The molecule has 2 atom stereocenters. The third-order valence-electron chi connectivity index (χ3n) is 2.82. The molecule has 1 rings (SSSR count). The summed E-state index contributed by atoms with van der Waals surface area (Å²) in [5.74, 6) is 6.29. The highest BCUT2D eigenvalue weighted by Crippen LogP contribution is 2.28. The highest BCUT2D eigenvalue weighted by molar-refractivity contribution is 9.11. The standard InChI is InChI=1S/C12H18Br2N2/c1-3-8(2)4-12(16-15)9-5-10(13)7-11(14)6-9/h5-8,12,16H,3-4,15H2,1-2H3. The van der Waals surface area contributed by atoms with E-state index in [1.54, 1.807) is 0 Å². The second-order valence-electron chi connectivity index (χ2n) is 4.17. The van der Waals surface area contributed by atoms with Gasteiger partial charge in [0.25, 0.3) is 0 Å². The van der Waals surface area contributed by atoms with Gasteiger partial charge in [-0.1, -0.05) is 52.1 Å². The highest BCUT2D eigenvalue weighted by Gasteiger charge is 2.13. The number of nitrogens with one attached hydrogen (secondary N) is 1. The maximum Gasteiger partial charge on any atom is 0.0463 e. The van der Waals surface area contributed by atoms with Crippen LogP contribution in [0.25, 0.3) is 0 Å². The summed E-state index contributed by atoms with van der Waals surface area (Å²) in [7, 11) is 0. The van der Waals surface area contributed by atoms with E-state index >= 15 is 0 Å². The van der Waals surface area contributed by atoms with E-state index in [2.05, 4.69) is 63.3 Å². The van der Waals surface area contributed by atoms with Gasteiger partial charge < -0.3 is 0 Å². The zero-order valence-electron chi connectivity index (χ0n) is 9.63. The fraction of sp³-hybridized carbons (Fsp3) is 0.500. The van der Waals surface area contributed by atoms with E-state index in [9.17, 15) is 0 Å². The van der Waals surface area contributed by atoms with Gasteiger partial charge in [-0.05, 0) is 36.1 Å². The molecule has 16 heavy (non-hydrogen) atoms. The second kappa shape index (κ2) is 6.74. The summed E-state index contributed by atoms with van der Waals surface area (Å²) in [4.78, 5) is 0. The number of hydrogen-bond donors (Lipinski definition) is 2. The van der Waals surface area contributed by atoms with Crippen molar-refractivity contribution in [2.45, 2.75) is 32.7 Å². The molecule has 2 unspecified atom stereocenters. The van der Waals surface area contributed by atoms with Crippen LogP contribution in [0.5, 0.6) is 0 Å². The van der Waals surface area contributed by atoms with Crippen molar-refractivity contribution in [2.75, 3.05) is 0 Å². The van der Waals surface area contributed by atoms with Crippen LogP contribution in [0, 0.1) is 5.92 Å². The zero-order chi connectivity index (χ0) is 12.1. The fourth-order valence-corrected chi connectivity index (χ4v) is 2.97. The molecule has 0 heterocycles. The molecule has 1 aromatic rings. The minimum atomic E-state index is 0.212. The van der Waals surface area contributed by atoms with Crippen LogP contribution < -0.4 is 11.3 Å². The molecule has 90 valence electrons. The summed E-state index contributed by atoms with van der Waals surface area (Å²) in [5.41, 5.74) is 4.11. The number of benzene rings is 1. The van der Waals surface area contributed by atoms with Crippen molar-refractivity contribution in [3.05, 3.63) is 32.7 Å². The quantitative estimate of drug-likeness (QED) is 0.619. The summed E-state index contributed by atoms with van der Waals surface area (Å²) in [6, 6.07) is 6.46. The van der Waals surface area contributed by atoms with Crippen LogP contribution >= 0.6 is 31.9 Å². The van der Waals surface area contributed by atoms with E-state index in [0.29, 0.717) is 5.92 Å². The first kappa shape index (κ1) is 14.2. The predicted molar refractivity (Wildman–Crippen MR) is 76.0 cm³/mol. The van der Waals surface area contributed by atoms with Crippen molar-refractivity contribution < 1.29 is 0 Å². The molecule has 4 heteroatoms. The van der Waals surface area contributed by atoms with Gasteiger partial charge in [-0.15, -0.1) is 0 Å². The molecule has 0 bridgehead atoms. The Morgan fingerprint density at radius 2 is 1.81 bits per heavy atom. The van der Waals surface area contributed by atoms with Crippen LogP contribution in [0.1, 0.15) is 38.3 Å². The zero-order valence-corrected chi connectivity index (χ0v) is 12.8. The Balaban J connectivity index is 2.86. The van der Waals surface area contributed by atoms with Gasteiger partial charge in [-0.2, -0.15) is 0 Å². The highest BCUT2D eigenvalue weighted by atomic mass is 79.9. The molecule has 0 aromatic heterocycles. The molecule has 0 fully saturated rings. The smallest absolute Gasteiger partial charge is 0.0463 e. The maximum atomic E-state index is 5.63. The number of halogens is 2. The molecular weight excluding hydrogens is 332 g/mol. The molecule has 0 saturated carbocycles. The van der Waals surface area contributed by atoms with Gasteiger partial charge in [0.15, 0.2) is 0 Å². The lowest BCUT2D eigenvalue weighted by Crippen LogP contribution is -2.29. The minimum absolute atomic E-state index is 0.212. The van der Waals surface area contributed by atoms with E-state index < -0.39 is 0 Å². The average Bonchev–Trinajstić information content (AvgIpc) is 2.24. The molecular formula is C12H18Br2N2. The summed E-state index contributed by atoms with van der Waals surface area (Å²) >= 11 is 6.99. The first-order chi connectivity index (χ1) is 7.56. The van der Waals surface area contributed by atoms with Gasteiger partial charge in [-0.3, -0.25) is 11.3 Å². The maximum absolute atomic E-state index is 5.63. The largest absolute Gasteiger partial charge is 0.271 e. The number of hydrazine groups is 1. The van der Waals surface area contributed by atoms with Gasteiger partial charge in [0.1, 0.15) is 0 Å². The average molecular weight is 350 g/mol. The molecule has 0 radical (unpaired) electrons. The van der Waals surface area contributed by atoms with Crippen LogP contribution in [0.2, 0.25) is 0 Å². The van der Waals surface area contributed by atoms with Crippen molar-refractivity contribution in [3.8, 4) is 0 Å². The summed E-state index contributed by atoms with van der Waals surface area (Å²) in [5, 5.41) is 0. The molecule has 2 nitrogen and oxygen atoms in total. The topological polar surface area (TPSA) is 38.0 Å². The number of nitrogens with two attached hydrogens (primary N) is 1. The Hall–Kier alpha value is 0.1000. The van der Waals surface area contributed by atoms with Gasteiger partial charge >= 0.3 is 0 Å². The minimum Gasteiger partial charge on any atom is -0.271 e. The Bertz CT molecular complexity index is 322. The molecule has 0 spiro atoms. The first-order valence-corrected chi connectivity index (χ1v) is 7.07. The third kappa shape index (κ3) is 4.17. The molecule has 0 aliphatic rings. The second-order valence-corrected chi connectivity index (χ2v) is 6.00. The molecule has 0 aliphatic heterocycles.